The number of anilines is 1. The van der Waals surface area contributed by atoms with Crippen LogP contribution in [0, 0.1) is 11.3 Å². The number of halogens is 2. The van der Waals surface area contributed by atoms with Gasteiger partial charge in [-0.2, -0.15) is 5.26 Å². The van der Waals surface area contributed by atoms with Crippen LogP contribution >= 0.6 is 0 Å². The van der Waals surface area contributed by atoms with E-state index in [0.29, 0.717) is 29.8 Å². The third kappa shape index (κ3) is 4.15. The molecule has 2 aromatic carbocycles. The third-order valence-corrected chi connectivity index (χ3v) is 8.15. The lowest BCUT2D eigenvalue weighted by Gasteiger charge is -2.30. The SMILES string of the molecule is N#Cc1c(-c2ccc(NS(=O)(=O)C3CC3)cc2)n(C2CCC2)c2cc(OCC(F)F)ccc12. The van der Waals surface area contributed by atoms with Crippen LogP contribution in [0.2, 0.25) is 0 Å². The number of hydrogen-bond donors (Lipinski definition) is 1. The van der Waals surface area contributed by atoms with Gasteiger partial charge >= 0.3 is 0 Å². The average molecular weight is 472 g/mol. The Kier molecular flexibility index (Phi) is 5.49. The van der Waals surface area contributed by atoms with Crippen molar-refractivity contribution < 1.29 is 21.9 Å². The van der Waals surface area contributed by atoms with Crippen molar-refractivity contribution in [2.45, 2.75) is 49.8 Å². The van der Waals surface area contributed by atoms with Crippen molar-refractivity contribution >= 4 is 26.6 Å². The quantitative estimate of drug-likeness (QED) is 0.473. The predicted molar refractivity (Wildman–Crippen MR) is 122 cm³/mol. The van der Waals surface area contributed by atoms with Crippen molar-refractivity contribution in [2.75, 3.05) is 11.3 Å². The zero-order valence-electron chi connectivity index (χ0n) is 17.8. The maximum absolute atomic E-state index is 12.6. The number of alkyl halides is 2. The van der Waals surface area contributed by atoms with Gasteiger partial charge in [0.25, 0.3) is 6.43 Å². The van der Waals surface area contributed by atoms with E-state index in [2.05, 4.69) is 15.4 Å². The number of nitrogens with zero attached hydrogens (tertiary/aromatic N) is 2. The first-order valence-electron chi connectivity index (χ1n) is 11.0. The van der Waals surface area contributed by atoms with E-state index in [9.17, 15) is 22.5 Å². The molecule has 1 heterocycles. The molecule has 6 nitrogen and oxygen atoms in total. The number of sulfonamides is 1. The average Bonchev–Trinajstić information content (AvgIpc) is 3.56. The summed E-state index contributed by atoms with van der Waals surface area (Å²) in [4.78, 5) is 0. The fourth-order valence-electron chi connectivity index (χ4n) is 4.28. The molecule has 2 saturated carbocycles. The van der Waals surface area contributed by atoms with Crippen molar-refractivity contribution in [2.24, 2.45) is 0 Å². The van der Waals surface area contributed by atoms with Crippen LogP contribution in [0.4, 0.5) is 14.5 Å². The highest BCUT2D eigenvalue weighted by Gasteiger charge is 2.35. The first-order valence-corrected chi connectivity index (χ1v) is 12.5. The molecule has 0 amide bonds. The Hall–Kier alpha value is -3.12. The van der Waals surface area contributed by atoms with Crippen LogP contribution in [0.3, 0.4) is 0 Å². The van der Waals surface area contributed by atoms with Gasteiger partial charge in [-0.25, -0.2) is 17.2 Å². The lowest BCUT2D eigenvalue weighted by atomic mass is 9.92. The van der Waals surface area contributed by atoms with Crippen LogP contribution in [0.5, 0.6) is 5.75 Å². The van der Waals surface area contributed by atoms with Gasteiger partial charge in [-0.05, 0) is 61.9 Å². The molecule has 0 bridgehead atoms. The van der Waals surface area contributed by atoms with Crippen molar-refractivity contribution in [3.63, 3.8) is 0 Å². The van der Waals surface area contributed by atoms with E-state index in [1.54, 1.807) is 30.3 Å². The molecule has 0 atom stereocenters. The van der Waals surface area contributed by atoms with Gasteiger partial charge in [-0.3, -0.25) is 4.72 Å². The molecular weight excluding hydrogens is 448 g/mol. The summed E-state index contributed by atoms with van der Waals surface area (Å²) in [7, 11) is -3.36. The highest BCUT2D eigenvalue weighted by molar-refractivity contribution is 7.93. The summed E-state index contributed by atoms with van der Waals surface area (Å²) in [6, 6.07) is 14.6. The zero-order chi connectivity index (χ0) is 23.2. The molecular formula is C24H23F2N3O3S. The maximum Gasteiger partial charge on any atom is 0.272 e. The van der Waals surface area contributed by atoms with Crippen molar-refractivity contribution in [1.82, 2.24) is 4.57 Å². The molecule has 0 unspecified atom stereocenters. The number of fused-ring (bicyclic) bond motifs is 1. The number of ether oxygens (including phenoxy) is 1. The Morgan fingerprint density at radius 1 is 1.12 bits per heavy atom. The maximum atomic E-state index is 12.6. The molecule has 33 heavy (non-hydrogen) atoms. The van der Waals surface area contributed by atoms with E-state index in [1.807, 2.05) is 12.1 Å². The molecule has 5 rings (SSSR count). The van der Waals surface area contributed by atoms with Crippen molar-refractivity contribution in [3.8, 4) is 23.1 Å². The first-order chi connectivity index (χ1) is 15.9. The molecule has 172 valence electrons. The van der Waals surface area contributed by atoms with E-state index in [4.69, 9.17) is 4.74 Å². The van der Waals surface area contributed by atoms with Crippen molar-refractivity contribution in [3.05, 3.63) is 48.0 Å². The van der Waals surface area contributed by atoms with Gasteiger partial charge in [0.2, 0.25) is 10.0 Å². The number of rotatable bonds is 8. The normalized spacial score (nSPS) is 16.5. The van der Waals surface area contributed by atoms with Crippen LogP contribution in [-0.4, -0.2) is 31.3 Å². The molecule has 9 heteroatoms. The molecule has 3 aromatic rings. The standard InChI is InChI=1S/C24H23F2N3O3S/c25-23(26)14-32-18-8-11-20-21(13-27)24(29(22(20)12-18)17-2-1-3-17)15-4-6-16(7-5-15)28-33(30,31)19-9-10-19/h4-8,11-12,17,19,23,28H,1-3,9-10,14H2. The Morgan fingerprint density at radius 3 is 2.42 bits per heavy atom. The minimum atomic E-state index is -3.36. The first kappa shape index (κ1) is 21.7. The van der Waals surface area contributed by atoms with Crippen LogP contribution < -0.4 is 9.46 Å². The van der Waals surface area contributed by atoms with E-state index >= 15 is 0 Å². The van der Waals surface area contributed by atoms with Crippen LogP contribution in [-0.2, 0) is 10.0 Å². The molecule has 0 aliphatic heterocycles. The number of aromatic nitrogens is 1. The van der Waals surface area contributed by atoms with E-state index < -0.39 is 23.1 Å². The summed E-state index contributed by atoms with van der Waals surface area (Å²) in [6.45, 7) is -0.689. The number of nitriles is 1. The van der Waals surface area contributed by atoms with Gasteiger partial charge in [0, 0.05) is 23.2 Å². The summed E-state index contributed by atoms with van der Waals surface area (Å²) in [5.74, 6) is 0.335. The molecule has 0 radical (unpaired) electrons. The summed E-state index contributed by atoms with van der Waals surface area (Å²) in [6.07, 6.45) is 1.80. The molecule has 0 spiro atoms. The summed E-state index contributed by atoms with van der Waals surface area (Å²) in [5.41, 5.74) is 3.30. The minimum absolute atomic E-state index is 0.197. The lowest BCUT2D eigenvalue weighted by Crippen LogP contribution is -2.18. The molecule has 2 aliphatic carbocycles. The summed E-state index contributed by atoms with van der Waals surface area (Å²) >= 11 is 0. The smallest absolute Gasteiger partial charge is 0.272 e. The van der Waals surface area contributed by atoms with Crippen LogP contribution in [0.1, 0.15) is 43.7 Å². The van der Waals surface area contributed by atoms with Crippen LogP contribution in [0.15, 0.2) is 42.5 Å². The zero-order valence-corrected chi connectivity index (χ0v) is 18.6. The summed E-state index contributed by atoms with van der Waals surface area (Å²) < 4.78 is 59.7. The number of hydrogen-bond acceptors (Lipinski definition) is 4. The Balaban J connectivity index is 1.57. The van der Waals surface area contributed by atoms with E-state index in [-0.39, 0.29) is 11.3 Å². The Bertz CT molecular complexity index is 1340. The second-order valence-electron chi connectivity index (χ2n) is 8.59. The third-order valence-electron chi connectivity index (χ3n) is 6.29. The van der Waals surface area contributed by atoms with Gasteiger partial charge in [0.1, 0.15) is 18.4 Å². The fourth-order valence-corrected chi connectivity index (χ4v) is 5.67. The molecule has 1 aromatic heterocycles. The van der Waals surface area contributed by atoms with Gasteiger partial charge in [0.05, 0.1) is 22.0 Å². The summed E-state index contributed by atoms with van der Waals surface area (Å²) in [5, 5.41) is 10.4. The topological polar surface area (TPSA) is 84.1 Å². The monoisotopic (exact) mass is 471 g/mol. The Morgan fingerprint density at radius 2 is 1.85 bits per heavy atom. The fraction of sp³-hybridized carbons (Fsp3) is 0.375. The van der Waals surface area contributed by atoms with Gasteiger partial charge in [0.15, 0.2) is 0 Å². The predicted octanol–water partition coefficient (Wildman–Crippen LogP) is 5.45. The van der Waals surface area contributed by atoms with Crippen LogP contribution in [0.25, 0.3) is 22.2 Å². The molecule has 2 fully saturated rings. The highest BCUT2D eigenvalue weighted by Crippen LogP contribution is 2.43. The minimum Gasteiger partial charge on any atom is -0.488 e. The van der Waals surface area contributed by atoms with Gasteiger partial charge in [-0.1, -0.05) is 12.1 Å². The van der Waals surface area contributed by atoms with Gasteiger partial charge in [-0.15, -0.1) is 0 Å². The molecule has 0 saturated heterocycles. The van der Waals surface area contributed by atoms with E-state index in [0.717, 1.165) is 41.4 Å². The van der Waals surface area contributed by atoms with E-state index in [1.165, 1.54) is 0 Å². The van der Waals surface area contributed by atoms with Gasteiger partial charge < -0.3 is 9.30 Å². The Labute approximate surface area is 190 Å². The second-order valence-corrected chi connectivity index (χ2v) is 10.6. The lowest BCUT2D eigenvalue weighted by molar-refractivity contribution is 0.0819. The largest absolute Gasteiger partial charge is 0.488 e. The van der Waals surface area contributed by atoms with Crippen molar-refractivity contribution in [1.29, 1.82) is 5.26 Å². The molecule has 1 N–H and O–H groups in total. The number of nitrogens with one attached hydrogen (secondary N) is 1. The second kappa shape index (κ2) is 8.34. The highest BCUT2D eigenvalue weighted by atomic mass is 32.2. The number of benzene rings is 2. The molecule has 2 aliphatic rings.